The molecule has 1 fully saturated rings. The highest BCUT2D eigenvalue weighted by molar-refractivity contribution is 5.82. The molecule has 4 aromatic rings. The number of pyridine rings is 1. The molecule has 1 unspecified atom stereocenters. The maximum Gasteiger partial charge on any atom is 0.295 e. The maximum absolute atomic E-state index is 13.8. The van der Waals surface area contributed by atoms with E-state index in [0.717, 1.165) is 43.0 Å². The van der Waals surface area contributed by atoms with Crippen LogP contribution in [0.4, 0.5) is 14.8 Å². The predicted molar refractivity (Wildman–Crippen MR) is 118 cm³/mol. The van der Waals surface area contributed by atoms with E-state index in [1.165, 1.54) is 17.7 Å². The van der Waals surface area contributed by atoms with Gasteiger partial charge in [-0.05, 0) is 92.8 Å². The molecule has 2 aromatic carbocycles. The quantitative estimate of drug-likeness (QED) is 0.384. The highest BCUT2D eigenvalue weighted by Crippen LogP contribution is 2.40. The molecular formula is C25H25F2N3O. The Kier molecular flexibility index (Phi) is 5.30. The third kappa shape index (κ3) is 4.11. The van der Waals surface area contributed by atoms with Gasteiger partial charge >= 0.3 is 0 Å². The van der Waals surface area contributed by atoms with Gasteiger partial charge in [-0.2, -0.15) is 4.98 Å². The minimum Gasteiger partial charge on any atom is -0.423 e. The van der Waals surface area contributed by atoms with Crippen LogP contribution in [0.1, 0.15) is 50.5 Å². The number of aromatic nitrogens is 2. The van der Waals surface area contributed by atoms with Crippen molar-refractivity contribution in [3.63, 3.8) is 0 Å². The fourth-order valence-corrected chi connectivity index (χ4v) is 4.95. The molecule has 1 aliphatic carbocycles. The first kappa shape index (κ1) is 19.9. The molecule has 0 bridgehead atoms. The summed E-state index contributed by atoms with van der Waals surface area (Å²) in [4.78, 5) is 8.62. The fraction of sp³-hybridized carbons (Fsp3) is 0.360. The van der Waals surface area contributed by atoms with Gasteiger partial charge in [0.25, 0.3) is 6.01 Å². The molecule has 2 heterocycles. The number of halogens is 2. The van der Waals surface area contributed by atoms with E-state index in [9.17, 15) is 8.78 Å². The number of fused-ring (bicyclic) bond motifs is 2. The minimum absolute atomic E-state index is 0.175. The fourth-order valence-electron chi connectivity index (χ4n) is 4.95. The molecule has 1 aliphatic rings. The third-order valence-corrected chi connectivity index (χ3v) is 6.45. The van der Waals surface area contributed by atoms with Crippen molar-refractivity contribution in [1.29, 1.82) is 0 Å². The summed E-state index contributed by atoms with van der Waals surface area (Å²) in [6, 6.07) is 12.1. The molecule has 1 atom stereocenters. The van der Waals surface area contributed by atoms with Gasteiger partial charge in [0.15, 0.2) is 11.4 Å². The van der Waals surface area contributed by atoms with E-state index in [1.54, 1.807) is 24.3 Å². The second-order valence-corrected chi connectivity index (χ2v) is 8.67. The van der Waals surface area contributed by atoms with Gasteiger partial charge in [-0.3, -0.25) is 4.98 Å². The van der Waals surface area contributed by atoms with E-state index in [-0.39, 0.29) is 23.2 Å². The Morgan fingerprint density at radius 3 is 2.74 bits per heavy atom. The van der Waals surface area contributed by atoms with Crippen LogP contribution < -0.4 is 5.32 Å². The summed E-state index contributed by atoms with van der Waals surface area (Å²) in [6.45, 7) is 2.11. The zero-order valence-corrected chi connectivity index (χ0v) is 17.4. The number of oxazole rings is 1. The van der Waals surface area contributed by atoms with Crippen LogP contribution >= 0.6 is 0 Å². The van der Waals surface area contributed by atoms with Gasteiger partial charge in [-0.1, -0.05) is 6.07 Å². The Hall–Kier alpha value is -3.02. The summed E-state index contributed by atoms with van der Waals surface area (Å²) in [5.41, 5.74) is 2.78. The number of anilines is 1. The first-order valence-corrected chi connectivity index (χ1v) is 10.9. The predicted octanol–water partition coefficient (Wildman–Crippen LogP) is 6.82. The van der Waals surface area contributed by atoms with Gasteiger partial charge in [0.1, 0.15) is 11.3 Å². The molecule has 0 aliphatic heterocycles. The number of benzene rings is 2. The van der Waals surface area contributed by atoms with Crippen molar-refractivity contribution < 1.29 is 13.2 Å². The van der Waals surface area contributed by atoms with Gasteiger partial charge in [0, 0.05) is 17.6 Å². The lowest BCUT2D eigenvalue weighted by Gasteiger charge is -2.31. The molecule has 0 spiro atoms. The first-order valence-electron chi connectivity index (χ1n) is 10.9. The number of hydrogen-bond donors (Lipinski definition) is 1. The monoisotopic (exact) mass is 421 g/mol. The van der Waals surface area contributed by atoms with E-state index < -0.39 is 0 Å². The molecule has 5 rings (SSSR count). The van der Waals surface area contributed by atoms with Crippen molar-refractivity contribution >= 4 is 28.0 Å². The number of rotatable bonds is 5. The van der Waals surface area contributed by atoms with Gasteiger partial charge < -0.3 is 9.73 Å². The Morgan fingerprint density at radius 1 is 1.10 bits per heavy atom. The summed E-state index contributed by atoms with van der Waals surface area (Å²) in [6.07, 6.45) is 7.24. The Balaban J connectivity index is 1.21. The van der Waals surface area contributed by atoms with Crippen molar-refractivity contribution in [3.8, 4) is 0 Å². The van der Waals surface area contributed by atoms with Gasteiger partial charge in [-0.25, -0.2) is 8.78 Å². The molecule has 0 radical (unpaired) electrons. The lowest BCUT2D eigenvalue weighted by Crippen LogP contribution is -2.23. The highest BCUT2D eigenvalue weighted by atomic mass is 19.1. The summed E-state index contributed by atoms with van der Waals surface area (Å²) in [5, 5.41) is 4.22. The van der Waals surface area contributed by atoms with E-state index in [4.69, 9.17) is 4.42 Å². The number of nitrogens with one attached hydrogen (secondary N) is 1. The SMILES string of the molecule is CC(C[C@H]1CC[C@@H](c2ccnc3ccc(F)cc32)CC1)Nc1nc2c(F)cccc2o1. The van der Waals surface area contributed by atoms with Crippen molar-refractivity contribution in [2.24, 2.45) is 5.92 Å². The zero-order valence-electron chi connectivity index (χ0n) is 17.4. The van der Waals surface area contributed by atoms with Gasteiger partial charge in [0.2, 0.25) is 0 Å². The zero-order chi connectivity index (χ0) is 21.4. The van der Waals surface area contributed by atoms with E-state index in [0.29, 0.717) is 23.4 Å². The average molecular weight is 421 g/mol. The summed E-state index contributed by atoms with van der Waals surface area (Å²) in [7, 11) is 0. The third-order valence-electron chi connectivity index (χ3n) is 6.45. The van der Waals surface area contributed by atoms with Crippen LogP contribution in [-0.4, -0.2) is 16.0 Å². The van der Waals surface area contributed by atoms with Crippen LogP contribution in [0.2, 0.25) is 0 Å². The van der Waals surface area contributed by atoms with E-state index in [2.05, 4.69) is 22.2 Å². The Labute approximate surface area is 179 Å². The van der Waals surface area contributed by atoms with Crippen molar-refractivity contribution in [1.82, 2.24) is 9.97 Å². The summed E-state index contributed by atoms with van der Waals surface area (Å²) in [5.74, 6) is 0.453. The molecule has 1 saturated carbocycles. The van der Waals surface area contributed by atoms with Crippen LogP contribution in [0.25, 0.3) is 22.0 Å². The van der Waals surface area contributed by atoms with Crippen LogP contribution in [0.15, 0.2) is 53.1 Å². The molecular weight excluding hydrogens is 396 g/mol. The second-order valence-electron chi connectivity index (χ2n) is 8.67. The topological polar surface area (TPSA) is 51.0 Å². The number of para-hydroxylation sites is 1. The van der Waals surface area contributed by atoms with Crippen molar-refractivity contribution in [2.75, 3.05) is 5.32 Å². The van der Waals surface area contributed by atoms with Gasteiger partial charge in [-0.15, -0.1) is 0 Å². The van der Waals surface area contributed by atoms with Gasteiger partial charge in [0.05, 0.1) is 5.52 Å². The lowest BCUT2D eigenvalue weighted by atomic mass is 9.76. The molecule has 160 valence electrons. The van der Waals surface area contributed by atoms with Crippen molar-refractivity contribution in [2.45, 2.75) is 51.0 Å². The Bertz CT molecular complexity index is 1210. The largest absolute Gasteiger partial charge is 0.423 e. The normalized spacial score (nSPS) is 20.2. The van der Waals surface area contributed by atoms with Crippen LogP contribution in [-0.2, 0) is 0 Å². The number of hydrogen-bond acceptors (Lipinski definition) is 4. The van der Waals surface area contributed by atoms with Crippen LogP contribution in [0.5, 0.6) is 0 Å². The lowest BCUT2D eigenvalue weighted by molar-refractivity contribution is 0.301. The molecule has 2 aromatic heterocycles. The first-order chi connectivity index (χ1) is 15.1. The smallest absolute Gasteiger partial charge is 0.295 e. The molecule has 0 saturated heterocycles. The molecule has 4 nitrogen and oxygen atoms in total. The highest BCUT2D eigenvalue weighted by Gasteiger charge is 2.25. The Morgan fingerprint density at radius 2 is 1.94 bits per heavy atom. The maximum atomic E-state index is 13.8. The minimum atomic E-state index is -0.371. The molecule has 31 heavy (non-hydrogen) atoms. The summed E-state index contributed by atoms with van der Waals surface area (Å²) < 4.78 is 33.3. The molecule has 6 heteroatoms. The van der Waals surface area contributed by atoms with E-state index in [1.807, 2.05) is 12.3 Å². The average Bonchev–Trinajstić information content (AvgIpc) is 3.17. The standard InChI is InChI=1S/C25H25F2N3O/c1-15(29-25-30-24-21(27)3-2-4-23(24)31-25)13-16-5-7-17(8-6-16)19-11-12-28-22-10-9-18(26)14-20(19)22/h2-4,9-12,14-17H,5-8,13H2,1H3,(H,29,30)/t15?,16-,17+. The molecule has 0 amide bonds. The second kappa shape index (κ2) is 8.25. The van der Waals surface area contributed by atoms with E-state index >= 15 is 0 Å². The number of nitrogens with zero attached hydrogens (tertiary/aromatic N) is 2. The summed E-state index contributed by atoms with van der Waals surface area (Å²) >= 11 is 0. The van der Waals surface area contributed by atoms with Crippen LogP contribution in [0.3, 0.4) is 0 Å². The molecule has 1 N–H and O–H groups in total. The van der Waals surface area contributed by atoms with Crippen LogP contribution in [0, 0.1) is 17.6 Å². The van der Waals surface area contributed by atoms with Crippen molar-refractivity contribution in [3.05, 3.63) is 65.9 Å².